The van der Waals surface area contributed by atoms with Crippen molar-refractivity contribution >= 4 is 33.9 Å². The fourth-order valence-corrected chi connectivity index (χ4v) is 9.53. The van der Waals surface area contributed by atoms with E-state index in [0.29, 0.717) is 13.1 Å². The molecule has 4 aromatic heterocycles. The van der Waals surface area contributed by atoms with E-state index in [1.165, 1.54) is 0 Å². The van der Waals surface area contributed by atoms with E-state index >= 15 is 0 Å². The maximum Gasteiger partial charge on any atom is 0.250 e. The lowest BCUT2D eigenvalue weighted by molar-refractivity contribution is -0.135. The van der Waals surface area contributed by atoms with Gasteiger partial charge in [0.1, 0.15) is 23.7 Å². The van der Waals surface area contributed by atoms with E-state index in [2.05, 4.69) is 80.6 Å². The van der Waals surface area contributed by atoms with E-state index in [-0.39, 0.29) is 23.9 Å². The summed E-state index contributed by atoms with van der Waals surface area (Å²) < 4.78 is 3.77. The van der Waals surface area contributed by atoms with Gasteiger partial charge in [-0.2, -0.15) is 0 Å². The van der Waals surface area contributed by atoms with Crippen molar-refractivity contribution in [1.29, 1.82) is 0 Å². The number of fused-ring (bicyclic) bond motifs is 2. The van der Waals surface area contributed by atoms with Crippen LogP contribution in [0.4, 0.5) is 0 Å². The molecule has 9 aromatic rings. The molecule has 2 saturated heterocycles. The summed E-state index contributed by atoms with van der Waals surface area (Å²) in [4.78, 5) is 58.2. The highest BCUT2D eigenvalue weighted by molar-refractivity contribution is 5.87. The second-order valence-corrected chi connectivity index (χ2v) is 16.3. The van der Waals surface area contributed by atoms with Gasteiger partial charge in [0.05, 0.1) is 46.8 Å². The first-order chi connectivity index (χ1) is 30.6. The molecule has 0 spiro atoms. The Labute approximate surface area is 357 Å². The molecule has 0 aliphatic carbocycles. The number of carbonyl (C=O) groups excluding carboxylic acids is 2. The van der Waals surface area contributed by atoms with Crippen molar-refractivity contribution in [2.75, 3.05) is 13.1 Å². The average Bonchev–Trinajstić information content (AvgIpc) is 4.18. The second kappa shape index (κ2) is 15.8. The van der Waals surface area contributed by atoms with Gasteiger partial charge in [0.25, 0.3) is 11.8 Å². The van der Waals surface area contributed by atoms with Crippen LogP contribution in [0, 0.1) is 0 Å². The SMILES string of the molecule is O=C(C(c1ccccc1)n1ccnc1)N1CCC[C@H]1c1nc2ccc(-c3ccc(-c4ccc5nc([C@@H]6CCCN6C(=O)C(c6ccccc6)n6ccnc6)[nH]c5c4)cc3)cc2[nH]1. The minimum atomic E-state index is -0.496. The van der Waals surface area contributed by atoms with Crippen LogP contribution in [0.15, 0.2) is 159 Å². The number of amides is 2. The van der Waals surface area contributed by atoms with Gasteiger partial charge in [-0.05, 0) is 83.3 Å². The van der Waals surface area contributed by atoms with Crippen LogP contribution < -0.4 is 0 Å². The quantitative estimate of drug-likeness (QED) is 0.142. The number of carbonyl (C=O) groups is 2. The summed E-state index contributed by atoms with van der Waals surface area (Å²) >= 11 is 0. The number of nitrogens with one attached hydrogen (secondary N) is 2. The Bertz CT molecular complexity index is 2790. The highest BCUT2D eigenvalue weighted by Gasteiger charge is 2.38. The molecule has 11 rings (SSSR count). The summed E-state index contributed by atoms with van der Waals surface area (Å²) in [6.45, 7) is 1.35. The Hall–Kier alpha value is -7.60. The number of hydrogen-bond donors (Lipinski definition) is 2. The highest BCUT2D eigenvalue weighted by Crippen LogP contribution is 2.38. The van der Waals surface area contributed by atoms with E-state index in [9.17, 15) is 9.59 Å². The maximum absolute atomic E-state index is 14.3. The van der Waals surface area contributed by atoms with Crippen molar-refractivity contribution < 1.29 is 9.59 Å². The summed E-state index contributed by atoms with van der Waals surface area (Å²) in [5.41, 5.74) is 9.83. The number of aromatic nitrogens is 8. The fraction of sp³-hybridized carbons (Fsp3) is 0.200. The number of aromatic amines is 2. The molecule has 5 aromatic carbocycles. The van der Waals surface area contributed by atoms with Gasteiger partial charge < -0.3 is 28.9 Å². The monoisotopic (exact) mass is 816 g/mol. The van der Waals surface area contributed by atoms with Gasteiger partial charge in [-0.1, -0.05) is 97.1 Å². The predicted molar refractivity (Wildman–Crippen MR) is 238 cm³/mol. The molecule has 2 aliphatic rings. The number of hydrogen-bond acceptors (Lipinski definition) is 6. The molecule has 306 valence electrons. The molecule has 12 heteroatoms. The third-order valence-corrected chi connectivity index (χ3v) is 12.6. The summed E-state index contributed by atoms with van der Waals surface area (Å²) in [5.74, 6) is 1.70. The lowest BCUT2D eigenvalue weighted by atomic mass is 10.00. The van der Waals surface area contributed by atoms with Gasteiger partial charge in [0.2, 0.25) is 0 Å². The zero-order chi connectivity index (χ0) is 41.6. The number of benzene rings is 5. The third-order valence-electron chi connectivity index (χ3n) is 12.6. The second-order valence-electron chi connectivity index (χ2n) is 16.3. The Morgan fingerprint density at radius 2 is 0.952 bits per heavy atom. The van der Waals surface area contributed by atoms with Crippen molar-refractivity contribution in [3.8, 4) is 22.3 Å². The first-order valence-corrected chi connectivity index (χ1v) is 21.3. The number of H-pyrrole nitrogens is 2. The number of likely N-dealkylation sites (tertiary alicyclic amines) is 2. The van der Waals surface area contributed by atoms with Crippen molar-refractivity contribution in [2.45, 2.75) is 49.9 Å². The van der Waals surface area contributed by atoms with Crippen LogP contribution in [0.25, 0.3) is 44.3 Å². The summed E-state index contributed by atoms with van der Waals surface area (Å²) in [6.07, 6.45) is 14.1. The van der Waals surface area contributed by atoms with E-state index in [4.69, 9.17) is 9.97 Å². The Morgan fingerprint density at radius 3 is 1.35 bits per heavy atom. The molecular formula is C50H44N10O2. The molecular weight excluding hydrogens is 773 g/mol. The Balaban J connectivity index is 0.811. The molecule has 6 heterocycles. The predicted octanol–water partition coefficient (Wildman–Crippen LogP) is 9.07. The number of rotatable bonds is 10. The molecule has 2 N–H and O–H groups in total. The minimum absolute atomic E-state index is 0.0386. The topological polar surface area (TPSA) is 134 Å². The summed E-state index contributed by atoms with van der Waals surface area (Å²) in [7, 11) is 0. The lowest BCUT2D eigenvalue weighted by Crippen LogP contribution is -2.37. The van der Waals surface area contributed by atoms with E-state index in [1.54, 1.807) is 25.0 Å². The molecule has 2 fully saturated rings. The van der Waals surface area contributed by atoms with Crippen LogP contribution in [-0.4, -0.2) is 73.7 Å². The Kier molecular flexibility index (Phi) is 9.52. The first kappa shape index (κ1) is 37.4. The smallest absolute Gasteiger partial charge is 0.250 e. The summed E-state index contributed by atoms with van der Waals surface area (Å²) in [6, 6.07) is 39.7. The standard InChI is InChI=1S/C50H44N10O2/c61-49(45(57-27-23-51-31-57)35-9-3-1-4-10-35)59-25-7-13-43(59)47-53-39-21-19-37(29-41(39)55-47)33-15-17-34(18-16-33)38-20-22-40-42(30-38)56-48(54-40)44-14-8-26-60(44)50(62)46(58-28-24-52-32-58)36-11-5-2-6-12-36/h1-6,9-12,15-24,27-32,43-46H,7-8,13-14,25-26H2,(H,53,55)(H,54,56)/t43-,44-,45?,46?/m0/s1. The van der Waals surface area contributed by atoms with Crippen LogP contribution in [-0.2, 0) is 9.59 Å². The van der Waals surface area contributed by atoms with Crippen LogP contribution in [0.1, 0.15) is 72.6 Å². The van der Waals surface area contributed by atoms with Crippen molar-refractivity contribution in [2.24, 2.45) is 0 Å². The first-order valence-electron chi connectivity index (χ1n) is 21.3. The van der Waals surface area contributed by atoms with Crippen LogP contribution >= 0.6 is 0 Å². The molecule has 0 radical (unpaired) electrons. The van der Waals surface area contributed by atoms with Crippen LogP contribution in [0.5, 0.6) is 0 Å². The normalized spacial score (nSPS) is 17.5. The lowest BCUT2D eigenvalue weighted by Gasteiger charge is -2.28. The van der Waals surface area contributed by atoms with Crippen molar-refractivity contribution in [1.82, 2.24) is 48.8 Å². The van der Waals surface area contributed by atoms with E-state index in [0.717, 1.165) is 92.8 Å². The van der Waals surface area contributed by atoms with Gasteiger partial charge >= 0.3 is 0 Å². The average molecular weight is 817 g/mol. The van der Waals surface area contributed by atoms with Gasteiger partial charge in [0.15, 0.2) is 0 Å². The summed E-state index contributed by atoms with van der Waals surface area (Å²) in [5, 5.41) is 0. The van der Waals surface area contributed by atoms with Crippen molar-refractivity contribution in [3.05, 3.63) is 182 Å². The van der Waals surface area contributed by atoms with E-state index < -0.39 is 12.1 Å². The molecule has 4 atom stereocenters. The van der Waals surface area contributed by atoms with Crippen LogP contribution in [0.3, 0.4) is 0 Å². The molecule has 2 unspecified atom stereocenters. The fourth-order valence-electron chi connectivity index (χ4n) is 9.53. The Morgan fingerprint density at radius 1 is 0.532 bits per heavy atom. The van der Waals surface area contributed by atoms with Crippen molar-refractivity contribution in [3.63, 3.8) is 0 Å². The number of nitrogens with zero attached hydrogens (tertiary/aromatic N) is 8. The third kappa shape index (κ3) is 6.83. The minimum Gasteiger partial charge on any atom is -0.340 e. The number of imidazole rings is 4. The maximum atomic E-state index is 14.3. The van der Waals surface area contributed by atoms with Crippen LogP contribution in [0.2, 0.25) is 0 Å². The van der Waals surface area contributed by atoms with Gasteiger partial charge in [-0.15, -0.1) is 0 Å². The molecule has 12 nitrogen and oxygen atoms in total. The van der Waals surface area contributed by atoms with Gasteiger partial charge in [0, 0.05) is 37.9 Å². The molecule has 62 heavy (non-hydrogen) atoms. The van der Waals surface area contributed by atoms with Gasteiger partial charge in [-0.25, -0.2) is 19.9 Å². The molecule has 2 aliphatic heterocycles. The molecule has 0 bridgehead atoms. The van der Waals surface area contributed by atoms with E-state index in [1.807, 2.05) is 92.0 Å². The molecule has 2 amide bonds. The zero-order valence-corrected chi connectivity index (χ0v) is 34.0. The zero-order valence-electron chi connectivity index (χ0n) is 34.0. The highest BCUT2D eigenvalue weighted by atomic mass is 16.2. The molecule has 0 saturated carbocycles. The largest absolute Gasteiger partial charge is 0.340 e. The van der Waals surface area contributed by atoms with Gasteiger partial charge in [-0.3, -0.25) is 9.59 Å².